The van der Waals surface area contributed by atoms with E-state index >= 15 is 0 Å². The van der Waals surface area contributed by atoms with Gasteiger partial charge in [-0.1, -0.05) is 339 Å². The number of carbonyl (C=O) groups is 2. The number of rotatable bonds is 68. The molecule has 0 saturated heterocycles. The van der Waals surface area contributed by atoms with Gasteiger partial charge in [0.1, 0.15) is 0 Å². The molecule has 80 heavy (non-hydrogen) atoms. The van der Waals surface area contributed by atoms with E-state index in [0.29, 0.717) is 19.4 Å². The zero-order valence-corrected chi connectivity index (χ0v) is 54.1. The maximum Gasteiger partial charge on any atom is 0.305 e. The van der Waals surface area contributed by atoms with E-state index < -0.39 is 12.1 Å². The molecule has 0 spiro atoms. The first-order chi connectivity index (χ1) is 39.5. The predicted molar refractivity (Wildman–Crippen MR) is 352 cm³/mol. The van der Waals surface area contributed by atoms with Gasteiger partial charge >= 0.3 is 5.97 Å². The summed E-state index contributed by atoms with van der Waals surface area (Å²) in [6.07, 6.45) is 89.4. The zero-order valence-electron chi connectivity index (χ0n) is 54.1. The Kier molecular flexibility index (Phi) is 67.9. The van der Waals surface area contributed by atoms with Crippen LogP contribution in [-0.4, -0.2) is 47.4 Å². The quantitative estimate of drug-likeness (QED) is 0.0320. The van der Waals surface area contributed by atoms with Crippen LogP contribution in [0.25, 0.3) is 0 Å². The number of allylic oxidation sites excluding steroid dienone is 5. The molecule has 0 radical (unpaired) electrons. The number of nitrogens with one attached hydrogen (secondary N) is 1. The van der Waals surface area contributed by atoms with E-state index in [1.165, 1.54) is 327 Å². The van der Waals surface area contributed by atoms with Crippen molar-refractivity contribution in [2.24, 2.45) is 0 Å². The molecule has 0 aliphatic rings. The molecule has 2 unspecified atom stereocenters. The van der Waals surface area contributed by atoms with E-state index in [4.69, 9.17) is 4.74 Å². The fourth-order valence-electron chi connectivity index (χ4n) is 11.3. The molecule has 0 aromatic carbocycles. The minimum absolute atomic E-state index is 0.00502. The van der Waals surface area contributed by atoms with Gasteiger partial charge in [0.05, 0.1) is 25.4 Å². The summed E-state index contributed by atoms with van der Waals surface area (Å²) in [4.78, 5) is 24.6. The van der Waals surface area contributed by atoms with Crippen molar-refractivity contribution in [3.8, 4) is 0 Å². The smallest absolute Gasteiger partial charge is 0.305 e. The summed E-state index contributed by atoms with van der Waals surface area (Å²) < 4.78 is 5.48. The SMILES string of the molecule is CCCCCCC/C=C\CCCCCCCC(=O)OCCCCCCCCCCCCCC/C=C\CCCCCCCCCCCC(=O)NC(CO)C(O)/C=C/CCCCCCCCCCCCCCCCCCCCCCCC. The first-order valence-corrected chi connectivity index (χ1v) is 36.3. The van der Waals surface area contributed by atoms with E-state index in [-0.39, 0.29) is 18.5 Å². The van der Waals surface area contributed by atoms with Gasteiger partial charge in [0.25, 0.3) is 0 Å². The fraction of sp³-hybridized carbons (Fsp3) is 0.892. The van der Waals surface area contributed by atoms with Gasteiger partial charge in [-0.2, -0.15) is 0 Å². The molecule has 0 aliphatic heterocycles. The number of amides is 1. The standard InChI is InChI=1S/C74H141NO5/c1-3-5-7-9-11-13-15-17-19-20-21-22-23-27-30-33-36-39-42-46-50-54-58-62-66-72(77)71(70-76)75-73(78)67-63-59-55-51-47-43-40-37-34-31-28-25-24-26-29-32-35-38-41-45-49-53-57-61-65-69-80-74(79)68-64-60-56-52-48-44-18-16-14-12-10-8-6-4-2/h16,18,25,28,62,66,71-72,76-77H,3-15,17,19-24,26-27,29-61,63-65,67-70H2,1-2H3,(H,75,78)/b18-16-,28-25-,66-62+. The lowest BCUT2D eigenvalue weighted by atomic mass is 10.0. The zero-order chi connectivity index (χ0) is 57.8. The van der Waals surface area contributed by atoms with E-state index in [1.54, 1.807) is 6.08 Å². The number of aliphatic hydroxyl groups excluding tert-OH is 2. The van der Waals surface area contributed by atoms with Crippen LogP contribution in [0.15, 0.2) is 36.5 Å². The Labute approximate surface area is 500 Å². The molecule has 2 atom stereocenters. The van der Waals surface area contributed by atoms with Crippen LogP contribution in [-0.2, 0) is 14.3 Å². The van der Waals surface area contributed by atoms with Crippen LogP contribution in [0, 0.1) is 0 Å². The van der Waals surface area contributed by atoms with Gasteiger partial charge in [0.2, 0.25) is 5.91 Å². The maximum absolute atomic E-state index is 12.5. The van der Waals surface area contributed by atoms with Crippen molar-refractivity contribution in [2.45, 2.75) is 411 Å². The third-order valence-corrected chi connectivity index (χ3v) is 16.9. The Bertz CT molecular complexity index is 1300. The summed E-state index contributed by atoms with van der Waals surface area (Å²) >= 11 is 0. The minimum Gasteiger partial charge on any atom is -0.466 e. The van der Waals surface area contributed by atoms with Crippen molar-refractivity contribution in [1.82, 2.24) is 5.32 Å². The van der Waals surface area contributed by atoms with Crippen LogP contribution in [0.2, 0.25) is 0 Å². The first-order valence-electron chi connectivity index (χ1n) is 36.3. The highest BCUT2D eigenvalue weighted by molar-refractivity contribution is 5.76. The number of ether oxygens (including phenoxy) is 1. The summed E-state index contributed by atoms with van der Waals surface area (Å²) in [6.45, 7) is 4.93. The maximum atomic E-state index is 12.5. The molecule has 0 aliphatic carbocycles. The number of hydrogen-bond donors (Lipinski definition) is 3. The van der Waals surface area contributed by atoms with Crippen molar-refractivity contribution >= 4 is 11.9 Å². The number of hydrogen-bond acceptors (Lipinski definition) is 5. The average molecular weight is 1120 g/mol. The van der Waals surface area contributed by atoms with Crippen molar-refractivity contribution in [2.75, 3.05) is 13.2 Å². The highest BCUT2D eigenvalue weighted by atomic mass is 16.5. The predicted octanol–water partition coefficient (Wildman–Crippen LogP) is 23.5. The fourth-order valence-corrected chi connectivity index (χ4v) is 11.3. The number of carbonyl (C=O) groups excluding carboxylic acids is 2. The summed E-state index contributed by atoms with van der Waals surface area (Å²) in [5.74, 6) is -0.0620. The lowest BCUT2D eigenvalue weighted by Gasteiger charge is -2.20. The Morgan fingerprint density at radius 1 is 0.338 bits per heavy atom. The van der Waals surface area contributed by atoms with Crippen LogP contribution in [0.5, 0.6) is 0 Å². The second kappa shape index (κ2) is 69.6. The molecule has 0 saturated carbocycles. The molecular formula is C74H141NO5. The highest BCUT2D eigenvalue weighted by Gasteiger charge is 2.18. The van der Waals surface area contributed by atoms with Gasteiger partial charge in [-0.25, -0.2) is 0 Å². The summed E-state index contributed by atoms with van der Waals surface area (Å²) in [5.41, 5.74) is 0. The lowest BCUT2D eigenvalue weighted by Crippen LogP contribution is -2.45. The average Bonchev–Trinajstić information content (AvgIpc) is 3.46. The Morgan fingerprint density at radius 3 is 0.887 bits per heavy atom. The molecule has 0 aromatic heterocycles. The minimum atomic E-state index is -0.848. The molecule has 0 fully saturated rings. The topological polar surface area (TPSA) is 95.9 Å². The third kappa shape index (κ3) is 65.2. The molecule has 6 nitrogen and oxygen atoms in total. The van der Waals surface area contributed by atoms with E-state index in [2.05, 4.69) is 43.5 Å². The van der Waals surface area contributed by atoms with E-state index in [1.807, 2.05) is 6.08 Å². The Balaban J connectivity index is 3.43. The second-order valence-corrected chi connectivity index (χ2v) is 24.9. The lowest BCUT2D eigenvalue weighted by molar-refractivity contribution is -0.143. The van der Waals surface area contributed by atoms with E-state index in [9.17, 15) is 19.8 Å². The number of aliphatic hydroxyl groups is 2. The van der Waals surface area contributed by atoms with Crippen molar-refractivity contribution in [3.05, 3.63) is 36.5 Å². The third-order valence-electron chi connectivity index (χ3n) is 16.9. The van der Waals surface area contributed by atoms with Crippen LogP contribution in [0.4, 0.5) is 0 Å². The van der Waals surface area contributed by atoms with Crippen LogP contribution in [0.3, 0.4) is 0 Å². The van der Waals surface area contributed by atoms with Crippen molar-refractivity contribution in [1.29, 1.82) is 0 Å². The molecule has 1 amide bonds. The molecule has 472 valence electrons. The largest absolute Gasteiger partial charge is 0.466 e. The summed E-state index contributed by atoms with van der Waals surface area (Å²) in [6, 6.07) is -0.632. The van der Waals surface area contributed by atoms with Gasteiger partial charge in [0, 0.05) is 12.8 Å². The van der Waals surface area contributed by atoms with Crippen LogP contribution in [0.1, 0.15) is 399 Å². The summed E-state index contributed by atoms with van der Waals surface area (Å²) in [5, 5.41) is 23.3. The second-order valence-electron chi connectivity index (χ2n) is 24.9. The molecule has 0 aromatic rings. The van der Waals surface area contributed by atoms with Crippen molar-refractivity contribution in [3.63, 3.8) is 0 Å². The Morgan fingerprint density at radius 2 is 0.588 bits per heavy atom. The monoisotopic (exact) mass is 1120 g/mol. The van der Waals surface area contributed by atoms with Gasteiger partial charge in [-0.3, -0.25) is 9.59 Å². The van der Waals surface area contributed by atoms with Gasteiger partial charge in [0.15, 0.2) is 0 Å². The summed E-state index contributed by atoms with van der Waals surface area (Å²) in [7, 11) is 0. The van der Waals surface area contributed by atoms with Crippen LogP contribution >= 0.6 is 0 Å². The molecule has 6 heteroatoms. The van der Waals surface area contributed by atoms with E-state index in [0.717, 1.165) is 44.9 Å². The Hall–Kier alpha value is -1.92. The molecular weight excluding hydrogens is 983 g/mol. The van der Waals surface area contributed by atoms with Crippen LogP contribution < -0.4 is 5.32 Å². The number of esters is 1. The van der Waals surface area contributed by atoms with Crippen molar-refractivity contribution < 1.29 is 24.5 Å². The molecule has 0 bridgehead atoms. The van der Waals surface area contributed by atoms with Gasteiger partial charge in [-0.05, 0) is 83.5 Å². The first kappa shape index (κ1) is 78.1. The highest BCUT2D eigenvalue weighted by Crippen LogP contribution is 2.18. The van der Waals surface area contributed by atoms with Gasteiger partial charge in [-0.15, -0.1) is 0 Å². The molecule has 0 heterocycles. The normalized spacial score (nSPS) is 12.7. The number of unbranched alkanes of at least 4 members (excludes halogenated alkanes) is 53. The molecule has 0 rings (SSSR count). The molecule has 3 N–H and O–H groups in total. The van der Waals surface area contributed by atoms with Gasteiger partial charge < -0.3 is 20.3 Å².